The lowest BCUT2D eigenvalue weighted by molar-refractivity contribution is -0.384. The molecule has 0 bridgehead atoms. The monoisotopic (exact) mass is 475 g/mol. The van der Waals surface area contributed by atoms with Crippen molar-refractivity contribution in [3.8, 4) is 5.75 Å². The van der Waals surface area contributed by atoms with Gasteiger partial charge in [0.2, 0.25) is 0 Å². The average Bonchev–Trinajstić information content (AvgIpc) is 2.84. The lowest BCUT2D eigenvalue weighted by Crippen LogP contribution is -2.18. The molecule has 0 unspecified atom stereocenters. The average molecular weight is 475 g/mol. The van der Waals surface area contributed by atoms with Gasteiger partial charge in [-0.05, 0) is 41.1 Å². The number of hydrazone groups is 1. The van der Waals surface area contributed by atoms with E-state index in [-0.39, 0.29) is 16.3 Å². The van der Waals surface area contributed by atoms with Crippen molar-refractivity contribution >= 4 is 38.7 Å². The van der Waals surface area contributed by atoms with Crippen molar-refractivity contribution in [2.45, 2.75) is 4.90 Å². The van der Waals surface area contributed by atoms with Crippen molar-refractivity contribution in [1.82, 2.24) is 5.43 Å². The molecule has 4 rings (SSSR count). The molecule has 9 nitrogen and oxygen atoms in total. The Bertz CT molecular complexity index is 1510. The normalized spacial score (nSPS) is 11.4. The Morgan fingerprint density at radius 2 is 1.59 bits per heavy atom. The van der Waals surface area contributed by atoms with E-state index in [1.54, 1.807) is 30.3 Å². The highest BCUT2D eigenvalue weighted by Gasteiger charge is 2.19. The van der Waals surface area contributed by atoms with Crippen LogP contribution in [0.25, 0.3) is 10.8 Å². The number of fused-ring (bicyclic) bond motifs is 1. The fourth-order valence-electron chi connectivity index (χ4n) is 3.21. The second-order valence-electron chi connectivity index (χ2n) is 7.05. The fourth-order valence-corrected chi connectivity index (χ4v) is 4.16. The molecular formula is C24H17N3O6S. The minimum Gasteiger partial charge on any atom is -0.378 e. The number of hydrogen-bond donors (Lipinski definition) is 1. The summed E-state index contributed by atoms with van der Waals surface area (Å²) in [5.74, 6) is -0.450. The van der Waals surface area contributed by atoms with Gasteiger partial charge < -0.3 is 4.18 Å². The quantitative estimate of drug-likeness (QED) is 0.184. The zero-order valence-electron chi connectivity index (χ0n) is 17.5. The Labute approximate surface area is 194 Å². The van der Waals surface area contributed by atoms with Crippen molar-refractivity contribution in [3.05, 3.63) is 112 Å². The van der Waals surface area contributed by atoms with E-state index in [1.165, 1.54) is 12.3 Å². The maximum Gasteiger partial charge on any atom is 0.339 e. The second-order valence-corrected chi connectivity index (χ2v) is 8.60. The number of carbonyl (C=O) groups excluding carboxylic acids is 1. The standard InChI is InChI=1S/C24H17N3O6S/c28-24(22-10-5-8-17-6-1-3-9-21(17)22)26-25-16-18-7-2-4-11-23(18)33-34(31,32)20-14-12-19(13-15-20)27(29)30/h1-16H,(H,26,28)/b25-16-. The zero-order chi connectivity index (χ0) is 24.1. The number of nitro benzene ring substituents is 1. The second kappa shape index (κ2) is 9.51. The minimum absolute atomic E-state index is 0.0241. The highest BCUT2D eigenvalue weighted by molar-refractivity contribution is 7.87. The van der Waals surface area contributed by atoms with Gasteiger partial charge in [-0.1, -0.05) is 48.5 Å². The van der Waals surface area contributed by atoms with Gasteiger partial charge in [-0.15, -0.1) is 0 Å². The van der Waals surface area contributed by atoms with Gasteiger partial charge in [-0.3, -0.25) is 14.9 Å². The smallest absolute Gasteiger partial charge is 0.339 e. The van der Waals surface area contributed by atoms with Crippen LogP contribution in [0.2, 0.25) is 0 Å². The molecule has 10 heteroatoms. The molecule has 0 heterocycles. The van der Waals surface area contributed by atoms with Crippen molar-refractivity contribution in [2.75, 3.05) is 0 Å². The van der Waals surface area contributed by atoms with Crippen LogP contribution >= 0.6 is 0 Å². The largest absolute Gasteiger partial charge is 0.378 e. The number of para-hydroxylation sites is 1. The molecule has 0 radical (unpaired) electrons. The third kappa shape index (κ3) is 4.92. The number of nitrogens with zero attached hydrogens (tertiary/aromatic N) is 2. The van der Waals surface area contributed by atoms with E-state index < -0.39 is 20.9 Å². The summed E-state index contributed by atoms with van der Waals surface area (Å²) in [5, 5.41) is 16.4. The SMILES string of the molecule is O=C(N/N=C\c1ccccc1OS(=O)(=O)c1ccc([N+](=O)[O-])cc1)c1cccc2ccccc12. The molecule has 0 aromatic heterocycles. The van der Waals surface area contributed by atoms with Gasteiger partial charge in [0.25, 0.3) is 11.6 Å². The molecule has 0 aliphatic rings. The van der Waals surface area contributed by atoms with Crippen LogP contribution in [-0.2, 0) is 10.1 Å². The van der Waals surface area contributed by atoms with Gasteiger partial charge in [0.15, 0.2) is 5.75 Å². The third-order valence-electron chi connectivity index (χ3n) is 4.86. The Morgan fingerprint density at radius 1 is 0.912 bits per heavy atom. The number of rotatable bonds is 7. The first-order valence-electron chi connectivity index (χ1n) is 9.94. The lowest BCUT2D eigenvalue weighted by atomic mass is 10.0. The Balaban J connectivity index is 1.52. The Hall–Kier alpha value is -4.57. The maximum atomic E-state index is 12.6. The predicted molar refractivity (Wildman–Crippen MR) is 126 cm³/mol. The van der Waals surface area contributed by atoms with E-state index >= 15 is 0 Å². The molecule has 0 atom stereocenters. The van der Waals surface area contributed by atoms with Crippen LogP contribution in [0, 0.1) is 10.1 Å². The van der Waals surface area contributed by atoms with E-state index in [9.17, 15) is 23.3 Å². The Morgan fingerprint density at radius 3 is 2.35 bits per heavy atom. The number of nitro groups is 1. The van der Waals surface area contributed by atoms with Gasteiger partial charge in [0.05, 0.1) is 11.1 Å². The molecule has 0 saturated carbocycles. The maximum absolute atomic E-state index is 12.6. The molecule has 4 aromatic carbocycles. The van der Waals surface area contributed by atoms with Gasteiger partial charge in [-0.2, -0.15) is 13.5 Å². The topological polar surface area (TPSA) is 128 Å². The summed E-state index contributed by atoms with van der Waals surface area (Å²) in [6, 6.07) is 23.3. The number of nitrogens with one attached hydrogen (secondary N) is 1. The summed E-state index contributed by atoms with van der Waals surface area (Å²) >= 11 is 0. The molecule has 0 aliphatic heterocycles. The summed E-state index contributed by atoms with van der Waals surface area (Å²) in [7, 11) is -4.26. The summed E-state index contributed by atoms with van der Waals surface area (Å²) in [4.78, 5) is 22.5. The van der Waals surface area contributed by atoms with E-state index in [0.717, 1.165) is 35.0 Å². The molecular weight excluding hydrogens is 458 g/mol. The number of non-ortho nitro benzene ring substituents is 1. The van der Waals surface area contributed by atoms with Gasteiger partial charge in [0, 0.05) is 23.3 Å². The molecule has 0 aliphatic carbocycles. The van der Waals surface area contributed by atoms with Crippen LogP contribution in [-0.4, -0.2) is 25.5 Å². The number of benzene rings is 4. The van der Waals surface area contributed by atoms with Crippen molar-refractivity contribution in [2.24, 2.45) is 5.10 Å². The minimum atomic E-state index is -4.26. The summed E-state index contributed by atoms with van der Waals surface area (Å²) in [6.45, 7) is 0. The van der Waals surface area contributed by atoms with Gasteiger partial charge >= 0.3 is 10.1 Å². The van der Waals surface area contributed by atoms with Crippen LogP contribution < -0.4 is 9.61 Å². The van der Waals surface area contributed by atoms with Crippen molar-refractivity contribution < 1.29 is 22.3 Å². The lowest BCUT2D eigenvalue weighted by Gasteiger charge is -2.09. The molecule has 0 saturated heterocycles. The van der Waals surface area contributed by atoms with Crippen LogP contribution in [0.3, 0.4) is 0 Å². The molecule has 170 valence electrons. The number of hydrogen-bond acceptors (Lipinski definition) is 7. The van der Waals surface area contributed by atoms with Crippen molar-refractivity contribution in [1.29, 1.82) is 0 Å². The van der Waals surface area contributed by atoms with Crippen LogP contribution in [0.5, 0.6) is 5.75 Å². The van der Waals surface area contributed by atoms with Gasteiger partial charge in [-0.25, -0.2) is 5.43 Å². The first-order chi connectivity index (χ1) is 16.3. The van der Waals surface area contributed by atoms with Crippen LogP contribution in [0.4, 0.5) is 5.69 Å². The van der Waals surface area contributed by atoms with Crippen LogP contribution in [0.15, 0.2) is 101 Å². The first kappa shape index (κ1) is 22.6. The van der Waals surface area contributed by atoms with Gasteiger partial charge in [0.1, 0.15) is 4.90 Å². The number of amides is 1. The van der Waals surface area contributed by atoms with E-state index in [4.69, 9.17) is 4.18 Å². The van der Waals surface area contributed by atoms with E-state index in [1.807, 2.05) is 30.3 Å². The zero-order valence-corrected chi connectivity index (χ0v) is 18.3. The summed E-state index contributed by atoms with van der Waals surface area (Å²) in [6.07, 6.45) is 1.27. The van der Waals surface area contributed by atoms with Crippen LogP contribution in [0.1, 0.15) is 15.9 Å². The molecule has 0 spiro atoms. The Kier molecular flexibility index (Phi) is 6.33. The molecule has 1 amide bonds. The fraction of sp³-hybridized carbons (Fsp3) is 0. The molecule has 34 heavy (non-hydrogen) atoms. The summed E-state index contributed by atoms with van der Waals surface area (Å²) < 4.78 is 30.5. The van der Waals surface area contributed by atoms with E-state index in [0.29, 0.717) is 11.1 Å². The summed E-state index contributed by atoms with van der Waals surface area (Å²) in [5.41, 5.74) is 2.94. The highest BCUT2D eigenvalue weighted by Crippen LogP contribution is 2.23. The predicted octanol–water partition coefficient (Wildman–Crippen LogP) is 4.28. The molecule has 1 N–H and O–H groups in total. The third-order valence-corrected chi connectivity index (χ3v) is 6.11. The molecule has 0 fully saturated rings. The van der Waals surface area contributed by atoms with E-state index in [2.05, 4.69) is 10.5 Å². The van der Waals surface area contributed by atoms with Crippen molar-refractivity contribution in [3.63, 3.8) is 0 Å². The first-order valence-corrected chi connectivity index (χ1v) is 11.3. The highest BCUT2D eigenvalue weighted by atomic mass is 32.2. The molecule has 4 aromatic rings. The number of carbonyl (C=O) groups is 1.